The maximum absolute atomic E-state index is 6.20. The van der Waals surface area contributed by atoms with Crippen molar-refractivity contribution in [2.45, 2.75) is 17.9 Å². The van der Waals surface area contributed by atoms with Crippen LogP contribution in [0, 0.1) is 6.92 Å². The van der Waals surface area contributed by atoms with Gasteiger partial charge in [0.1, 0.15) is 0 Å². The third kappa shape index (κ3) is 3.52. The molecule has 0 spiro atoms. The summed E-state index contributed by atoms with van der Waals surface area (Å²) in [4.78, 5) is 1.09. The van der Waals surface area contributed by atoms with Crippen LogP contribution in [-0.4, -0.2) is 5.75 Å². The Morgan fingerprint density at radius 3 is 2.67 bits per heavy atom. The number of rotatable bonds is 4. The first-order valence-electron chi connectivity index (χ1n) is 5.86. The van der Waals surface area contributed by atoms with Crippen LogP contribution in [0.25, 0.3) is 0 Å². The van der Waals surface area contributed by atoms with Gasteiger partial charge in [0.15, 0.2) is 0 Å². The molecule has 94 valence electrons. The number of nitrogens with two attached hydrogens (primary N) is 1. The van der Waals surface area contributed by atoms with Crippen LogP contribution in [0.1, 0.15) is 17.2 Å². The normalized spacial score (nSPS) is 12.4. The van der Waals surface area contributed by atoms with Crippen molar-refractivity contribution in [1.82, 2.24) is 0 Å². The van der Waals surface area contributed by atoms with E-state index in [0.29, 0.717) is 0 Å². The molecule has 2 aromatic rings. The Balaban J connectivity index is 2.00. The van der Waals surface area contributed by atoms with Gasteiger partial charge in [0, 0.05) is 16.7 Å². The van der Waals surface area contributed by atoms with E-state index >= 15 is 0 Å². The van der Waals surface area contributed by atoms with E-state index < -0.39 is 0 Å². The van der Waals surface area contributed by atoms with E-state index in [1.807, 2.05) is 30.3 Å². The molecule has 0 radical (unpaired) electrons. The molecular weight excluding hydrogens is 262 g/mol. The van der Waals surface area contributed by atoms with Crippen molar-refractivity contribution >= 4 is 23.4 Å². The minimum absolute atomic E-state index is 0.0335. The zero-order valence-corrected chi connectivity index (χ0v) is 11.8. The predicted octanol–water partition coefficient (Wildman–Crippen LogP) is 4.44. The Labute approximate surface area is 117 Å². The average Bonchev–Trinajstić information content (AvgIpc) is 2.37. The summed E-state index contributed by atoms with van der Waals surface area (Å²) in [6, 6.07) is 16.2. The lowest BCUT2D eigenvalue weighted by atomic mass is 10.1. The smallest absolute Gasteiger partial charge is 0.0541 e. The van der Waals surface area contributed by atoms with Crippen molar-refractivity contribution in [3.05, 3.63) is 64.7 Å². The number of aryl methyl sites for hydroxylation is 1. The molecule has 3 heteroatoms. The van der Waals surface area contributed by atoms with Gasteiger partial charge >= 0.3 is 0 Å². The second-order valence-electron chi connectivity index (χ2n) is 4.26. The van der Waals surface area contributed by atoms with Crippen LogP contribution >= 0.6 is 23.4 Å². The van der Waals surface area contributed by atoms with E-state index in [0.717, 1.165) is 15.7 Å². The van der Waals surface area contributed by atoms with Gasteiger partial charge < -0.3 is 5.73 Å². The molecule has 0 saturated heterocycles. The highest BCUT2D eigenvalue weighted by molar-refractivity contribution is 7.99. The van der Waals surface area contributed by atoms with Gasteiger partial charge in [0.05, 0.1) is 5.02 Å². The summed E-state index contributed by atoms with van der Waals surface area (Å²) in [6.45, 7) is 2.08. The third-order valence-electron chi connectivity index (χ3n) is 2.73. The van der Waals surface area contributed by atoms with Crippen LogP contribution in [0.15, 0.2) is 53.4 Å². The first kappa shape index (κ1) is 13.5. The van der Waals surface area contributed by atoms with Crippen LogP contribution in [-0.2, 0) is 0 Å². The number of thioether (sulfide) groups is 1. The maximum Gasteiger partial charge on any atom is 0.0541 e. The van der Waals surface area contributed by atoms with Crippen molar-refractivity contribution in [2.75, 3.05) is 5.75 Å². The molecular formula is C15H16ClNS. The Kier molecular flexibility index (Phi) is 4.70. The molecule has 0 bridgehead atoms. The van der Waals surface area contributed by atoms with Gasteiger partial charge in [-0.3, -0.25) is 0 Å². The number of halogens is 1. The van der Waals surface area contributed by atoms with Crippen LogP contribution < -0.4 is 5.73 Å². The van der Waals surface area contributed by atoms with Crippen LogP contribution in [0.4, 0.5) is 0 Å². The summed E-state index contributed by atoms with van der Waals surface area (Å²) in [5, 5.41) is 0.791. The predicted molar refractivity (Wildman–Crippen MR) is 80.3 cm³/mol. The van der Waals surface area contributed by atoms with Gasteiger partial charge in [-0.1, -0.05) is 53.6 Å². The molecule has 0 fully saturated rings. The van der Waals surface area contributed by atoms with Gasteiger partial charge in [0.25, 0.3) is 0 Å². The van der Waals surface area contributed by atoms with Crippen molar-refractivity contribution in [1.29, 1.82) is 0 Å². The van der Waals surface area contributed by atoms with Gasteiger partial charge in [-0.15, -0.1) is 11.8 Å². The maximum atomic E-state index is 6.20. The summed E-state index contributed by atoms with van der Waals surface area (Å²) < 4.78 is 0. The topological polar surface area (TPSA) is 26.0 Å². The van der Waals surface area contributed by atoms with Gasteiger partial charge in [-0.25, -0.2) is 0 Å². The molecule has 0 saturated carbocycles. The van der Waals surface area contributed by atoms with E-state index in [-0.39, 0.29) is 6.04 Å². The molecule has 0 aliphatic heterocycles. The molecule has 0 heterocycles. The monoisotopic (exact) mass is 277 g/mol. The lowest BCUT2D eigenvalue weighted by Gasteiger charge is -2.12. The van der Waals surface area contributed by atoms with Crippen LogP contribution in [0.5, 0.6) is 0 Å². The quantitative estimate of drug-likeness (QED) is 0.836. The zero-order valence-electron chi connectivity index (χ0n) is 10.3. The minimum atomic E-state index is 0.0335. The Morgan fingerprint density at radius 1 is 1.17 bits per heavy atom. The molecule has 0 amide bonds. The zero-order chi connectivity index (χ0) is 13.0. The molecule has 1 nitrogen and oxygen atoms in total. The first-order valence-corrected chi connectivity index (χ1v) is 7.22. The highest BCUT2D eigenvalue weighted by Crippen LogP contribution is 2.29. The Hall–Kier alpha value is -0.960. The van der Waals surface area contributed by atoms with Crippen molar-refractivity contribution in [3.8, 4) is 0 Å². The second kappa shape index (κ2) is 6.28. The molecule has 2 aromatic carbocycles. The van der Waals surface area contributed by atoms with E-state index in [1.54, 1.807) is 11.8 Å². The Morgan fingerprint density at radius 2 is 1.94 bits per heavy atom. The highest BCUT2D eigenvalue weighted by atomic mass is 35.5. The Bertz CT molecular complexity index is 527. The van der Waals surface area contributed by atoms with E-state index in [9.17, 15) is 0 Å². The fourth-order valence-corrected chi connectivity index (χ4v) is 2.97. The van der Waals surface area contributed by atoms with Gasteiger partial charge in [-0.2, -0.15) is 0 Å². The molecule has 2 rings (SSSR count). The molecule has 0 aromatic heterocycles. The lowest BCUT2D eigenvalue weighted by molar-refractivity contribution is 0.830. The first-order chi connectivity index (χ1) is 8.66. The minimum Gasteiger partial charge on any atom is -0.323 e. The number of hydrogen-bond donors (Lipinski definition) is 1. The molecule has 1 atom stereocenters. The van der Waals surface area contributed by atoms with E-state index in [1.165, 1.54) is 11.1 Å². The fraction of sp³-hybridized carbons (Fsp3) is 0.200. The molecule has 2 N–H and O–H groups in total. The lowest BCUT2D eigenvalue weighted by Crippen LogP contribution is -2.13. The van der Waals surface area contributed by atoms with Crippen molar-refractivity contribution < 1.29 is 0 Å². The summed E-state index contributed by atoms with van der Waals surface area (Å²) >= 11 is 7.82. The summed E-state index contributed by atoms with van der Waals surface area (Å²) in [5.74, 6) is 0.827. The van der Waals surface area contributed by atoms with E-state index in [4.69, 9.17) is 17.3 Å². The highest BCUT2D eigenvalue weighted by Gasteiger charge is 2.08. The molecule has 0 aliphatic carbocycles. The van der Waals surface area contributed by atoms with Gasteiger partial charge in [-0.05, 0) is 24.6 Å². The molecule has 1 unspecified atom stereocenters. The fourth-order valence-electron chi connectivity index (χ4n) is 1.74. The van der Waals surface area contributed by atoms with Crippen LogP contribution in [0.3, 0.4) is 0 Å². The average molecular weight is 278 g/mol. The van der Waals surface area contributed by atoms with Crippen molar-refractivity contribution in [3.63, 3.8) is 0 Å². The molecule has 0 aliphatic rings. The summed E-state index contributed by atoms with van der Waals surface area (Å²) in [7, 11) is 0. The molecule has 18 heavy (non-hydrogen) atoms. The second-order valence-corrected chi connectivity index (χ2v) is 5.73. The number of benzene rings is 2. The SMILES string of the molecule is Cc1cccc(C(N)CSc2ccccc2Cl)c1. The van der Waals surface area contributed by atoms with Gasteiger partial charge in [0.2, 0.25) is 0 Å². The number of hydrogen-bond acceptors (Lipinski definition) is 2. The third-order valence-corrected chi connectivity index (χ3v) is 4.36. The summed E-state index contributed by atoms with van der Waals surface area (Å²) in [6.07, 6.45) is 0. The van der Waals surface area contributed by atoms with Crippen molar-refractivity contribution in [2.24, 2.45) is 5.73 Å². The summed E-state index contributed by atoms with van der Waals surface area (Å²) in [5.41, 5.74) is 8.61. The van der Waals surface area contributed by atoms with Crippen LogP contribution in [0.2, 0.25) is 5.02 Å². The van der Waals surface area contributed by atoms with E-state index in [2.05, 4.69) is 25.1 Å². The largest absolute Gasteiger partial charge is 0.323 e. The standard InChI is InChI=1S/C15H16ClNS/c1-11-5-4-6-12(9-11)14(17)10-18-15-8-3-2-7-13(15)16/h2-9,14H,10,17H2,1H3.